The SMILES string of the molecule is CCn1c(SCC(=O)N2CCc3ccccc32)nnc1[C@@H](NC(=O)c1ccccc1)C(C)C. The number of nitrogens with one attached hydrogen (secondary N) is 1. The Morgan fingerprint density at radius 1 is 1.06 bits per heavy atom. The first kappa shape index (κ1) is 23.0. The molecule has 7 nitrogen and oxygen atoms in total. The molecule has 2 amide bonds. The zero-order valence-electron chi connectivity index (χ0n) is 19.2. The van der Waals surface area contributed by atoms with Crippen molar-refractivity contribution in [3.8, 4) is 0 Å². The molecular formula is C25H29N5O2S. The normalized spacial score (nSPS) is 13.8. The second-order valence-electron chi connectivity index (χ2n) is 8.36. The summed E-state index contributed by atoms with van der Waals surface area (Å²) >= 11 is 1.39. The number of anilines is 1. The fraction of sp³-hybridized carbons (Fsp3) is 0.360. The Labute approximate surface area is 198 Å². The molecule has 33 heavy (non-hydrogen) atoms. The van der Waals surface area contributed by atoms with E-state index in [4.69, 9.17) is 0 Å². The molecule has 0 fully saturated rings. The topological polar surface area (TPSA) is 80.1 Å². The molecule has 2 aromatic carbocycles. The van der Waals surface area contributed by atoms with Crippen molar-refractivity contribution in [1.82, 2.24) is 20.1 Å². The zero-order valence-corrected chi connectivity index (χ0v) is 20.0. The summed E-state index contributed by atoms with van der Waals surface area (Å²) in [5, 5.41) is 12.6. The van der Waals surface area contributed by atoms with Gasteiger partial charge in [0.1, 0.15) is 0 Å². The van der Waals surface area contributed by atoms with E-state index < -0.39 is 0 Å². The second kappa shape index (κ2) is 10.2. The van der Waals surface area contributed by atoms with Crippen molar-refractivity contribution in [3.05, 3.63) is 71.5 Å². The first-order valence-electron chi connectivity index (χ1n) is 11.3. The van der Waals surface area contributed by atoms with Gasteiger partial charge in [-0.25, -0.2) is 0 Å². The summed E-state index contributed by atoms with van der Waals surface area (Å²) in [7, 11) is 0. The fourth-order valence-electron chi connectivity index (χ4n) is 4.08. The van der Waals surface area contributed by atoms with Gasteiger partial charge in [0, 0.05) is 24.3 Å². The molecule has 172 valence electrons. The summed E-state index contributed by atoms with van der Waals surface area (Å²) < 4.78 is 1.99. The molecule has 0 saturated carbocycles. The van der Waals surface area contributed by atoms with Crippen molar-refractivity contribution >= 4 is 29.3 Å². The lowest BCUT2D eigenvalue weighted by Crippen LogP contribution is -2.33. The van der Waals surface area contributed by atoms with Crippen LogP contribution in [-0.2, 0) is 17.8 Å². The minimum Gasteiger partial charge on any atom is -0.342 e. The third kappa shape index (κ3) is 4.95. The molecule has 0 spiro atoms. The maximum absolute atomic E-state index is 12.9. The minimum absolute atomic E-state index is 0.0648. The molecule has 1 atom stereocenters. The Kier molecular flexibility index (Phi) is 7.13. The van der Waals surface area contributed by atoms with Crippen LogP contribution in [0.4, 0.5) is 5.69 Å². The fourth-order valence-corrected chi connectivity index (χ4v) is 4.96. The largest absolute Gasteiger partial charge is 0.342 e. The summed E-state index contributed by atoms with van der Waals surface area (Å²) in [6.45, 7) is 7.48. The summed E-state index contributed by atoms with van der Waals surface area (Å²) in [5.41, 5.74) is 2.82. The van der Waals surface area contributed by atoms with E-state index in [1.165, 1.54) is 17.3 Å². The highest BCUT2D eigenvalue weighted by Gasteiger charge is 2.28. The van der Waals surface area contributed by atoms with Crippen molar-refractivity contribution in [2.45, 2.75) is 44.9 Å². The van der Waals surface area contributed by atoms with Gasteiger partial charge in [0.15, 0.2) is 11.0 Å². The van der Waals surface area contributed by atoms with Crippen molar-refractivity contribution in [2.24, 2.45) is 5.92 Å². The number of amides is 2. The van der Waals surface area contributed by atoms with E-state index in [9.17, 15) is 9.59 Å². The Balaban J connectivity index is 1.47. The maximum atomic E-state index is 12.9. The van der Waals surface area contributed by atoms with E-state index >= 15 is 0 Å². The van der Waals surface area contributed by atoms with Gasteiger partial charge in [0.2, 0.25) is 5.91 Å². The van der Waals surface area contributed by atoms with Crippen LogP contribution in [0.3, 0.4) is 0 Å². The minimum atomic E-state index is -0.291. The van der Waals surface area contributed by atoms with Crippen LogP contribution in [-0.4, -0.2) is 38.9 Å². The van der Waals surface area contributed by atoms with Gasteiger partial charge in [-0.3, -0.25) is 9.59 Å². The van der Waals surface area contributed by atoms with Crippen LogP contribution in [0.15, 0.2) is 59.8 Å². The van der Waals surface area contributed by atoms with Crippen LogP contribution in [0.1, 0.15) is 48.6 Å². The van der Waals surface area contributed by atoms with Crippen molar-refractivity contribution in [3.63, 3.8) is 0 Å². The standard InChI is InChI=1S/C25H29N5O2S/c1-4-29-23(22(17(2)3)26-24(32)19-11-6-5-7-12-19)27-28-25(29)33-16-21(31)30-15-14-18-10-8-9-13-20(18)30/h5-13,17,22H,4,14-16H2,1-3H3,(H,26,32)/t22-/m0/s1. The first-order valence-corrected chi connectivity index (χ1v) is 12.3. The Bertz CT molecular complexity index is 1130. The molecule has 2 heterocycles. The number of aromatic nitrogens is 3. The lowest BCUT2D eigenvalue weighted by atomic mass is 10.0. The Morgan fingerprint density at radius 2 is 1.79 bits per heavy atom. The molecule has 4 rings (SSSR count). The number of hydrogen-bond donors (Lipinski definition) is 1. The maximum Gasteiger partial charge on any atom is 0.251 e. The van der Waals surface area contributed by atoms with Gasteiger partial charge >= 0.3 is 0 Å². The monoisotopic (exact) mass is 463 g/mol. The van der Waals surface area contributed by atoms with Gasteiger partial charge < -0.3 is 14.8 Å². The molecule has 0 unspecified atom stereocenters. The van der Waals surface area contributed by atoms with Crippen molar-refractivity contribution < 1.29 is 9.59 Å². The summed E-state index contributed by atoms with van der Waals surface area (Å²) in [4.78, 5) is 27.6. The van der Waals surface area contributed by atoms with Gasteiger partial charge in [0.05, 0.1) is 11.8 Å². The molecule has 8 heteroatoms. The average molecular weight is 464 g/mol. The van der Waals surface area contributed by atoms with Crippen LogP contribution < -0.4 is 10.2 Å². The molecule has 0 aliphatic carbocycles. The van der Waals surface area contributed by atoms with Gasteiger partial charge in [-0.05, 0) is 43.0 Å². The van der Waals surface area contributed by atoms with Gasteiger partial charge in [-0.15, -0.1) is 10.2 Å². The lowest BCUT2D eigenvalue weighted by Gasteiger charge is -2.22. The van der Waals surface area contributed by atoms with E-state index in [1.807, 2.05) is 66.6 Å². The molecule has 1 aromatic heterocycles. The summed E-state index contributed by atoms with van der Waals surface area (Å²) in [6.07, 6.45) is 0.888. The van der Waals surface area contributed by atoms with E-state index in [1.54, 1.807) is 12.1 Å². The third-order valence-corrected chi connectivity index (χ3v) is 6.79. The van der Waals surface area contributed by atoms with Crippen LogP contribution >= 0.6 is 11.8 Å². The smallest absolute Gasteiger partial charge is 0.251 e. The predicted molar refractivity (Wildman–Crippen MR) is 130 cm³/mol. The average Bonchev–Trinajstić information content (AvgIpc) is 3.45. The molecule has 0 saturated heterocycles. The van der Waals surface area contributed by atoms with Crippen molar-refractivity contribution in [2.75, 3.05) is 17.2 Å². The third-order valence-electron chi connectivity index (χ3n) is 5.84. The number of carbonyl (C=O) groups is 2. The van der Waals surface area contributed by atoms with E-state index in [0.717, 1.165) is 12.1 Å². The number of rotatable bonds is 8. The zero-order chi connectivity index (χ0) is 23.4. The Hall–Kier alpha value is -3.13. The number of hydrogen-bond acceptors (Lipinski definition) is 5. The Morgan fingerprint density at radius 3 is 2.52 bits per heavy atom. The van der Waals surface area contributed by atoms with Crippen LogP contribution in [0.2, 0.25) is 0 Å². The van der Waals surface area contributed by atoms with Gasteiger partial charge in [-0.2, -0.15) is 0 Å². The second-order valence-corrected chi connectivity index (χ2v) is 9.30. The first-order chi connectivity index (χ1) is 16.0. The van der Waals surface area contributed by atoms with Crippen LogP contribution in [0.5, 0.6) is 0 Å². The van der Waals surface area contributed by atoms with Crippen LogP contribution in [0, 0.1) is 5.92 Å². The molecule has 1 N–H and O–H groups in total. The number of thioether (sulfide) groups is 1. The number of nitrogens with zero attached hydrogens (tertiary/aromatic N) is 4. The molecule has 3 aromatic rings. The number of para-hydroxylation sites is 1. The predicted octanol–water partition coefficient (Wildman–Crippen LogP) is 4.11. The molecule has 1 aliphatic rings. The van der Waals surface area contributed by atoms with Crippen molar-refractivity contribution in [1.29, 1.82) is 0 Å². The molecule has 1 aliphatic heterocycles. The number of fused-ring (bicyclic) bond motifs is 1. The molecule has 0 bridgehead atoms. The van der Waals surface area contributed by atoms with E-state index in [2.05, 4.69) is 21.6 Å². The highest BCUT2D eigenvalue weighted by atomic mass is 32.2. The van der Waals surface area contributed by atoms with E-state index in [0.29, 0.717) is 29.6 Å². The number of benzene rings is 2. The molecule has 0 radical (unpaired) electrons. The quantitative estimate of drug-likeness (QED) is 0.509. The van der Waals surface area contributed by atoms with Gasteiger partial charge in [0.25, 0.3) is 5.91 Å². The summed E-state index contributed by atoms with van der Waals surface area (Å²) in [5.74, 6) is 1.04. The lowest BCUT2D eigenvalue weighted by molar-refractivity contribution is -0.116. The highest BCUT2D eigenvalue weighted by Crippen LogP contribution is 2.30. The van der Waals surface area contributed by atoms with Gasteiger partial charge in [-0.1, -0.05) is 62.0 Å². The van der Waals surface area contributed by atoms with E-state index in [-0.39, 0.29) is 29.5 Å². The molecular weight excluding hydrogens is 434 g/mol. The highest BCUT2D eigenvalue weighted by molar-refractivity contribution is 7.99. The number of carbonyl (C=O) groups excluding carboxylic acids is 2. The van der Waals surface area contributed by atoms with Crippen LogP contribution in [0.25, 0.3) is 0 Å². The summed E-state index contributed by atoms with van der Waals surface area (Å²) in [6, 6.07) is 16.9.